The average molecular weight is 499 g/mol. The van der Waals surface area contributed by atoms with Crippen LogP contribution in [0.25, 0.3) is 0 Å². The molecular formula is C21H21F3N4O3S2. The van der Waals surface area contributed by atoms with Gasteiger partial charge in [0.25, 0.3) is 10.0 Å². The van der Waals surface area contributed by atoms with Crippen LogP contribution >= 0.6 is 11.8 Å². The van der Waals surface area contributed by atoms with E-state index in [4.69, 9.17) is 0 Å². The highest BCUT2D eigenvalue weighted by atomic mass is 32.2. The van der Waals surface area contributed by atoms with Gasteiger partial charge in [-0.25, -0.2) is 18.4 Å². The van der Waals surface area contributed by atoms with Crippen LogP contribution in [0.4, 0.5) is 24.8 Å². The molecule has 0 saturated carbocycles. The van der Waals surface area contributed by atoms with Gasteiger partial charge in [0.05, 0.1) is 17.1 Å². The summed E-state index contributed by atoms with van der Waals surface area (Å²) < 4.78 is 66.7. The molecule has 0 fully saturated rings. The number of alkyl halides is 3. The Bertz CT molecular complexity index is 1190. The summed E-state index contributed by atoms with van der Waals surface area (Å²) in [5, 5.41) is 12.5. The number of nitrogens with zero attached hydrogens (tertiary/aromatic N) is 2. The van der Waals surface area contributed by atoms with E-state index in [-0.39, 0.29) is 29.4 Å². The molecular weight excluding hydrogens is 477 g/mol. The van der Waals surface area contributed by atoms with Crippen LogP contribution in [0.15, 0.2) is 70.7 Å². The summed E-state index contributed by atoms with van der Waals surface area (Å²) in [5.41, 5.74) is -0.0782. The molecule has 0 aliphatic carbocycles. The molecule has 0 unspecified atom stereocenters. The number of halogens is 3. The Kier molecular flexibility index (Phi) is 7.82. The van der Waals surface area contributed by atoms with Crippen molar-refractivity contribution in [2.45, 2.75) is 34.9 Å². The SMILES string of the molecule is C[C@H](CO)Nc1cc(NS(=O)(=O)c2cccc(C(F)(F)F)c2)nc(SCc2ccccc2)n1. The van der Waals surface area contributed by atoms with Crippen LogP contribution in [0.1, 0.15) is 18.1 Å². The van der Waals surface area contributed by atoms with Crippen LogP contribution < -0.4 is 10.0 Å². The Morgan fingerprint density at radius 3 is 2.39 bits per heavy atom. The summed E-state index contributed by atoms with van der Waals surface area (Å²) in [6.45, 7) is 1.51. The lowest BCUT2D eigenvalue weighted by Gasteiger charge is -2.15. The number of benzene rings is 2. The molecule has 33 heavy (non-hydrogen) atoms. The number of sulfonamides is 1. The van der Waals surface area contributed by atoms with Crippen LogP contribution in [-0.4, -0.2) is 36.1 Å². The van der Waals surface area contributed by atoms with E-state index in [1.165, 1.54) is 17.8 Å². The summed E-state index contributed by atoms with van der Waals surface area (Å²) >= 11 is 1.26. The van der Waals surface area contributed by atoms with Crippen LogP contribution in [0.3, 0.4) is 0 Å². The zero-order valence-corrected chi connectivity index (χ0v) is 19.0. The van der Waals surface area contributed by atoms with E-state index in [9.17, 15) is 26.7 Å². The van der Waals surface area contributed by atoms with Crippen molar-refractivity contribution in [1.82, 2.24) is 9.97 Å². The first kappa shape index (κ1) is 24.8. The minimum Gasteiger partial charge on any atom is -0.394 e. The topological polar surface area (TPSA) is 104 Å². The summed E-state index contributed by atoms with van der Waals surface area (Å²) in [6.07, 6.45) is -4.68. The Morgan fingerprint density at radius 2 is 1.73 bits per heavy atom. The molecule has 3 aromatic rings. The summed E-state index contributed by atoms with van der Waals surface area (Å²) in [5.74, 6) is 0.647. The molecule has 0 saturated heterocycles. The van der Waals surface area contributed by atoms with Crippen LogP contribution in [-0.2, 0) is 22.0 Å². The van der Waals surface area contributed by atoms with Crippen molar-refractivity contribution in [3.63, 3.8) is 0 Å². The third kappa shape index (κ3) is 7.07. The van der Waals surface area contributed by atoms with E-state index < -0.39 is 26.7 Å². The Balaban J connectivity index is 1.89. The minimum absolute atomic E-state index is 0.120. The monoisotopic (exact) mass is 498 g/mol. The van der Waals surface area contributed by atoms with Crippen molar-refractivity contribution in [2.24, 2.45) is 0 Å². The van der Waals surface area contributed by atoms with E-state index in [1.54, 1.807) is 6.92 Å². The number of rotatable bonds is 9. The molecule has 0 radical (unpaired) electrons. The third-order valence-corrected chi connectivity index (χ3v) is 6.57. The lowest BCUT2D eigenvalue weighted by atomic mass is 10.2. The van der Waals surface area contributed by atoms with Gasteiger partial charge in [0.2, 0.25) is 0 Å². The number of aliphatic hydroxyl groups is 1. The van der Waals surface area contributed by atoms with Gasteiger partial charge in [-0.1, -0.05) is 48.2 Å². The second-order valence-corrected chi connectivity index (χ2v) is 9.68. The summed E-state index contributed by atoms with van der Waals surface area (Å²) in [6, 6.07) is 13.8. The molecule has 12 heteroatoms. The van der Waals surface area contributed by atoms with Crippen molar-refractivity contribution in [2.75, 3.05) is 16.6 Å². The minimum atomic E-state index is -4.68. The molecule has 0 amide bonds. The van der Waals surface area contributed by atoms with E-state index in [0.29, 0.717) is 11.8 Å². The molecule has 176 valence electrons. The second kappa shape index (κ2) is 10.4. The highest BCUT2D eigenvalue weighted by Crippen LogP contribution is 2.31. The predicted molar refractivity (Wildman–Crippen MR) is 120 cm³/mol. The van der Waals surface area contributed by atoms with Crippen molar-refractivity contribution in [1.29, 1.82) is 0 Å². The van der Waals surface area contributed by atoms with Crippen molar-refractivity contribution in [3.8, 4) is 0 Å². The van der Waals surface area contributed by atoms with Gasteiger partial charge in [-0.2, -0.15) is 13.2 Å². The number of thioether (sulfide) groups is 1. The van der Waals surface area contributed by atoms with Gasteiger partial charge in [0, 0.05) is 17.9 Å². The molecule has 3 N–H and O–H groups in total. The first-order chi connectivity index (χ1) is 15.6. The number of hydrogen-bond acceptors (Lipinski definition) is 7. The van der Waals surface area contributed by atoms with Gasteiger partial charge in [-0.15, -0.1) is 0 Å². The highest BCUT2D eigenvalue weighted by Gasteiger charge is 2.31. The molecule has 2 aromatic carbocycles. The third-order valence-electron chi connectivity index (χ3n) is 4.30. The van der Waals surface area contributed by atoms with Gasteiger partial charge in [-0.05, 0) is 30.7 Å². The molecule has 1 atom stereocenters. The smallest absolute Gasteiger partial charge is 0.394 e. The summed E-state index contributed by atoms with van der Waals surface area (Å²) in [7, 11) is -4.36. The molecule has 0 aliphatic rings. The standard InChI is InChI=1S/C21H21F3N4O3S2/c1-14(12-29)25-18-11-19(27-20(26-18)32-13-15-6-3-2-4-7-15)28-33(30,31)17-9-5-8-16(10-17)21(22,23)24/h2-11,14,29H,12-13H2,1H3,(H2,25,26,27,28)/t14-/m1/s1. The average Bonchev–Trinajstić information content (AvgIpc) is 2.77. The van der Waals surface area contributed by atoms with Gasteiger partial charge in [-0.3, -0.25) is 4.72 Å². The Labute approximate surface area is 193 Å². The molecule has 0 bridgehead atoms. The number of aromatic nitrogens is 2. The molecule has 1 aromatic heterocycles. The number of hydrogen-bond donors (Lipinski definition) is 3. The zero-order chi connectivity index (χ0) is 24.1. The molecule has 0 aliphatic heterocycles. The maximum absolute atomic E-state index is 13.0. The fourth-order valence-corrected chi connectivity index (χ4v) is 4.52. The van der Waals surface area contributed by atoms with E-state index >= 15 is 0 Å². The fourth-order valence-electron chi connectivity index (χ4n) is 2.67. The van der Waals surface area contributed by atoms with Crippen LogP contribution in [0.5, 0.6) is 0 Å². The van der Waals surface area contributed by atoms with Crippen LogP contribution in [0, 0.1) is 0 Å². The second-order valence-electron chi connectivity index (χ2n) is 7.05. The summed E-state index contributed by atoms with van der Waals surface area (Å²) in [4.78, 5) is 7.98. The van der Waals surface area contributed by atoms with Gasteiger partial charge in [0.1, 0.15) is 11.6 Å². The van der Waals surface area contributed by atoms with E-state index in [0.717, 1.165) is 23.8 Å². The lowest BCUT2D eigenvalue weighted by Crippen LogP contribution is -2.21. The van der Waals surface area contributed by atoms with Gasteiger partial charge >= 0.3 is 6.18 Å². The fraction of sp³-hybridized carbons (Fsp3) is 0.238. The maximum atomic E-state index is 13.0. The van der Waals surface area contributed by atoms with Gasteiger partial charge in [0.15, 0.2) is 5.16 Å². The van der Waals surface area contributed by atoms with E-state index in [1.807, 2.05) is 30.3 Å². The zero-order valence-electron chi connectivity index (χ0n) is 17.4. The molecule has 7 nitrogen and oxygen atoms in total. The Hall–Kier alpha value is -2.83. The van der Waals surface area contributed by atoms with Crippen molar-refractivity contribution >= 4 is 33.4 Å². The van der Waals surface area contributed by atoms with Gasteiger partial charge < -0.3 is 10.4 Å². The number of aliphatic hydroxyl groups excluding tert-OH is 1. The van der Waals surface area contributed by atoms with Crippen molar-refractivity contribution in [3.05, 3.63) is 71.8 Å². The number of nitrogens with one attached hydrogen (secondary N) is 2. The molecule has 1 heterocycles. The lowest BCUT2D eigenvalue weighted by molar-refractivity contribution is -0.137. The highest BCUT2D eigenvalue weighted by molar-refractivity contribution is 7.98. The van der Waals surface area contributed by atoms with E-state index in [2.05, 4.69) is 20.0 Å². The first-order valence-electron chi connectivity index (χ1n) is 9.70. The maximum Gasteiger partial charge on any atom is 0.416 e. The predicted octanol–water partition coefficient (Wildman–Crippen LogP) is 4.38. The molecule has 3 rings (SSSR count). The largest absolute Gasteiger partial charge is 0.416 e. The Morgan fingerprint density at radius 1 is 1.03 bits per heavy atom. The quantitative estimate of drug-likeness (QED) is 0.297. The van der Waals surface area contributed by atoms with Crippen molar-refractivity contribution < 1.29 is 26.7 Å². The first-order valence-corrected chi connectivity index (χ1v) is 12.2. The normalized spacial score (nSPS) is 12.9. The van der Waals surface area contributed by atoms with Crippen LogP contribution in [0.2, 0.25) is 0 Å². The number of anilines is 2. The molecule has 0 spiro atoms.